The molecule has 1 unspecified atom stereocenters. The first-order valence-electron chi connectivity index (χ1n) is 11.4. The SMILES string of the molecule is CCNC(=NCCCN1CCOCC1)N1CCC(OCC2CCCCO2)CC1.I. The fraction of sp³-hybridized carbons (Fsp3) is 0.952. The summed E-state index contributed by atoms with van der Waals surface area (Å²) in [6, 6.07) is 0. The molecule has 0 aromatic rings. The number of hydrogen-bond donors (Lipinski definition) is 1. The van der Waals surface area contributed by atoms with E-state index in [0.717, 1.165) is 104 Å². The van der Waals surface area contributed by atoms with Gasteiger partial charge in [0.1, 0.15) is 0 Å². The van der Waals surface area contributed by atoms with Crippen molar-refractivity contribution in [2.24, 2.45) is 4.99 Å². The molecule has 0 saturated carbocycles. The molecular weight excluding hydrogens is 483 g/mol. The average molecular weight is 524 g/mol. The third kappa shape index (κ3) is 9.25. The van der Waals surface area contributed by atoms with E-state index in [1.807, 2.05) is 0 Å². The maximum absolute atomic E-state index is 6.15. The molecule has 3 heterocycles. The van der Waals surface area contributed by atoms with Crippen LogP contribution in [0.1, 0.15) is 45.4 Å². The molecule has 0 amide bonds. The normalized spacial score (nSPS) is 24.9. The molecule has 3 saturated heterocycles. The van der Waals surface area contributed by atoms with Crippen LogP contribution in [-0.4, -0.2) is 100 Å². The van der Waals surface area contributed by atoms with Crippen LogP contribution in [0, 0.1) is 0 Å². The number of hydrogen-bond acceptors (Lipinski definition) is 5. The Labute approximate surface area is 193 Å². The highest BCUT2D eigenvalue weighted by atomic mass is 127. The molecule has 0 radical (unpaired) electrons. The molecule has 3 aliphatic heterocycles. The molecule has 3 fully saturated rings. The minimum Gasteiger partial charge on any atom is -0.379 e. The summed E-state index contributed by atoms with van der Waals surface area (Å²) in [6.45, 7) is 12.6. The monoisotopic (exact) mass is 524 g/mol. The number of nitrogens with one attached hydrogen (secondary N) is 1. The number of likely N-dealkylation sites (tertiary alicyclic amines) is 1. The summed E-state index contributed by atoms with van der Waals surface area (Å²) in [6.07, 6.45) is 7.57. The summed E-state index contributed by atoms with van der Waals surface area (Å²) in [5.41, 5.74) is 0. The van der Waals surface area contributed by atoms with Gasteiger partial charge in [-0.25, -0.2) is 0 Å². The van der Waals surface area contributed by atoms with Crippen molar-refractivity contribution in [2.75, 3.05) is 72.2 Å². The van der Waals surface area contributed by atoms with Crippen LogP contribution in [0.25, 0.3) is 0 Å². The quantitative estimate of drug-likeness (QED) is 0.228. The van der Waals surface area contributed by atoms with Crippen molar-refractivity contribution >= 4 is 29.9 Å². The number of morpholine rings is 1. The smallest absolute Gasteiger partial charge is 0.193 e. The molecule has 7 nitrogen and oxygen atoms in total. The number of aliphatic imine (C=N–C) groups is 1. The Kier molecular flexibility index (Phi) is 12.8. The van der Waals surface area contributed by atoms with Crippen molar-refractivity contribution in [3.05, 3.63) is 0 Å². The minimum atomic E-state index is 0. The fourth-order valence-corrected chi connectivity index (χ4v) is 4.15. The van der Waals surface area contributed by atoms with Crippen molar-refractivity contribution < 1.29 is 14.2 Å². The van der Waals surface area contributed by atoms with Crippen molar-refractivity contribution in [3.8, 4) is 0 Å². The summed E-state index contributed by atoms with van der Waals surface area (Å²) >= 11 is 0. The van der Waals surface area contributed by atoms with Gasteiger partial charge in [-0.2, -0.15) is 0 Å². The number of nitrogens with zero attached hydrogens (tertiary/aromatic N) is 3. The number of guanidine groups is 1. The van der Waals surface area contributed by atoms with Crippen molar-refractivity contribution in [2.45, 2.75) is 57.7 Å². The zero-order chi connectivity index (χ0) is 19.4. The molecule has 29 heavy (non-hydrogen) atoms. The topological polar surface area (TPSA) is 58.6 Å². The summed E-state index contributed by atoms with van der Waals surface area (Å²) < 4.78 is 17.3. The molecule has 0 aliphatic carbocycles. The maximum atomic E-state index is 6.15. The lowest BCUT2D eigenvalue weighted by atomic mass is 10.1. The second-order valence-corrected chi connectivity index (χ2v) is 8.05. The predicted molar refractivity (Wildman–Crippen MR) is 127 cm³/mol. The van der Waals surface area contributed by atoms with E-state index in [1.54, 1.807) is 0 Å². The molecule has 1 N–H and O–H groups in total. The van der Waals surface area contributed by atoms with Crippen LogP contribution in [0.3, 0.4) is 0 Å². The molecular formula is C21H41IN4O3. The molecule has 0 aromatic carbocycles. The van der Waals surface area contributed by atoms with Crippen LogP contribution in [0.15, 0.2) is 4.99 Å². The first kappa shape index (κ1) is 25.1. The van der Waals surface area contributed by atoms with Gasteiger partial charge in [0.15, 0.2) is 5.96 Å². The van der Waals surface area contributed by atoms with E-state index in [4.69, 9.17) is 19.2 Å². The van der Waals surface area contributed by atoms with Gasteiger partial charge in [-0.1, -0.05) is 0 Å². The molecule has 170 valence electrons. The van der Waals surface area contributed by atoms with Gasteiger partial charge in [0.25, 0.3) is 0 Å². The number of rotatable bonds is 8. The summed E-state index contributed by atoms with van der Waals surface area (Å²) in [5, 5.41) is 3.47. The van der Waals surface area contributed by atoms with E-state index >= 15 is 0 Å². The predicted octanol–water partition coefficient (Wildman–Crippen LogP) is 2.34. The fourth-order valence-electron chi connectivity index (χ4n) is 4.15. The van der Waals surface area contributed by atoms with Crippen LogP contribution < -0.4 is 5.32 Å². The van der Waals surface area contributed by atoms with Gasteiger partial charge in [0.2, 0.25) is 0 Å². The summed E-state index contributed by atoms with van der Waals surface area (Å²) in [4.78, 5) is 9.75. The lowest BCUT2D eigenvalue weighted by molar-refractivity contribution is -0.0721. The number of halogens is 1. The van der Waals surface area contributed by atoms with E-state index < -0.39 is 0 Å². The van der Waals surface area contributed by atoms with Crippen LogP contribution in [0.2, 0.25) is 0 Å². The summed E-state index contributed by atoms with van der Waals surface area (Å²) in [7, 11) is 0. The molecule has 3 aliphatic rings. The zero-order valence-corrected chi connectivity index (χ0v) is 20.5. The Balaban J connectivity index is 0.00000300. The number of ether oxygens (including phenoxy) is 3. The first-order valence-corrected chi connectivity index (χ1v) is 11.4. The van der Waals surface area contributed by atoms with Crippen LogP contribution in [0.4, 0.5) is 0 Å². The van der Waals surface area contributed by atoms with Gasteiger partial charge in [0, 0.05) is 52.4 Å². The van der Waals surface area contributed by atoms with E-state index in [9.17, 15) is 0 Å². The lowest BCUT2D eigenvalue weighted by Gasteiger charge is -2.35. The average Bonchev–Trinajstić information content (AvgIpc) is 2.76. The Morgan fingerprint density at radius 3 is 2.55 bits per heavy atom. The highest BCUT2D eigenvalue weighted by molar-refractivity contribution is 14.0. The maximum Gasteiger partial charge on any atom is 0.193 e. The van der Waals surface area contributed by atoms with Gasteiger partial charge >= 0.3 is 0 Å². The van der Waals surface area contributed by atoms with Crippen molar-refractivity contribution in [1.29, 1.82) is 0 Å². The molecule has 0 spiro atoms. The molecule has 3 rings (SSSR count). The van der Waals surface area contributed by atoms with Gasteiger partial charge in [0.05, 0.1) is 32.0 Å². The highest BCUT2D eigenvalue weighted by Crippen LogP contribution is 2.18. The molecule has 0 bridgehead atoms. The van der Waals surface area contributed by atoms with E-state index in [1.165, 1.54) is 12.8 Å². The molecule has 0 aromatic heterocycles. The van der Waals surface area contributed by atoms with E-state index in [2.05, 4.69) is 22.0 Å². The third-order valence-corrected chi connectivity index (χ3v) is 5.87. The van der Waals surface area contributed by atoms with Crippen molar-refractivity contribution in [3.63, 3.8) is 0 Å². The van der Waals surface area contributed by atoms with Crippen LogP contribution >= 0.6 is 24.0 Å². The van der Waals surface area contributed by atoms with Gasteiger partial charge in [-0.3, -0.25) is 9.89 Å². The standard InChI is InChI=1S/C21H40N4O3.HI/c1-2-22-21(23-9-5-10-24-13-16-26-17-14-24)25-11-7-19(8-12-25)28-18-20-6-3-4-15-27-20;/h19-20H,2-18H2,1H3,(H,22,23);1H. The van der Waals surface area contributed by atoms with Crippen LogP contribution in [0.5, 0.6) is 0 Å². The lowest BCUT2D eigenvalue weighted by Crippen LogP contribution is -2.47. The number of piperidine rings is 1. The zero-order valence-electron chi connectivity index (χ0n) is 18.2. The Hall–Kier alpha value is -0.160. The molecule has 8 heteroatoms. The van der Waals surface area contributed by atoms with Crippen LogP contribution in [-0.2, 0) is 14.2 Å². The van der Waals surface area contributed by atoms with E-state index in [-0.39, 0.29) is 24.0 Å². The first-order chi connectivity index (χ1) is 13.8. The highest BCUT2D eigenvalue weighted by Gasteiger charge is 2.23. The second kappa shape index (κ2) is 14.8. The largest absolute Gasteiger partial charge is 0.379 e. The minimum absolute atomic E-state index is 0. The summed E-state index contributed by atoms with van der Waals surface area (Å²) in [5.74, 6) is 1.07. The van der Waals surface area contributed by atoms with Gasteiger partial charge in [-0.05, 0) is 45.4 Å². The third-order valence-electron chi connectivity index (χ3n) is 5.87. The molecule has 1 atom stereocenters. The Morgan fingerprint density at radius 2 is 1.86 bits per heavy atom. The Bertz CT molecular complexity index is 449. The van der Waals surface area contributed by atoms with Crippen molar-refractivity contribution in [1.82, 2.24) is 15.1 Å². The second-order valence-electron chi connectivity index (χ2n) is 8.05. The van der Waals surface area contributed by atoms with Gasteiger partial charge in [-0.15, -0.1) is 24.0 Å². The van der Waals surface area contributed by atoms with E-state index in [0.29, 0.717) is 12.2 Å². The van der Waals surface area contributed by atoms with Gasteiger partial charge < -0.3 is 24.4 Å². The Morgan fingerprint density at radius 1 is 1.07 bits per heavy atom.